The first-order valence-corrected chi connectivity index (χ1v) is 9.63. The molecule has 1 atom stereocenters. The Kier molecular flexibility index (Phi) is 6.51. The number of ether oxygens (including phenoxy) is 1. The van der Waals surface area contributed by atoms with Gasteiger partial charge in [-0.15, -0.1) is 0 Å². The lowest BCUT2D eigenvalue weighted by Crippen LogP contribution is -2.41. The SMILES string of the molecule is COC(=O)C1CCN(C(=O)C[C@H](c2ccccc2)c2ccccc2Cl)CC1. The Morgan fingerprint density at radius 3 is 2.33 bits per heavy atom. The summed E-state index contributed by atoms with van der Waals surface area (Å²) < 4.78 is 4.82. The van der Waals surface area contributed by atoms with Crippen LogP contribution in [0, 0.1) is 5.92 Å². The quantitative estimate of drug-likeness (QED) is 0.722. The van der Waals surface area contributed by atoms with Gasteiger partial charge in [-0.2, -0.15) is 0 Å². The van der Waals surface area contributed by atoms with Gasteiger partial charge in [-0.25, -0.2) is 0 Å². The second-order valence-electron chi connectivity index (χ2n) is 6.87. The molecule has 1 fully saturated rings. The van der Waals surface area contributed by atoms with Crippen molar-refractivity contribution in [2.75, 3.05) is 20.2 Å². The second kappa shape index (κ2) is 9.05. The number of nitrogens with zero attached hydrogens (tertiary/aromatic N) is 1. The van der Waals surface area contributed by atoms with Crippen molar-refractivity contribution in [2.45, 2.75) is 25.2 Å². The van der Waals surface area contributed by atoms with Crippen LogP contribution >= 0.6 is 11.6 Å². The van der Waals surface area contributed by atoms with E-state index in [9.17, 15) is 9.59 Å². The van der Waals surface area contributed by atoms with Crippen LogP contribution in [0.15, 0.2) is 54.6 Å². The summed E-state index contributed by atoms with van der Waals surface area (Å²) in [7, 11) is 1.41. The minimum absolute atomic E-state index is 0.0899. The molecule has 1 heterocycles. The number of carbonyl (C=O) groups is 2. The maximum Gasteiger partial charge on any atom is 0.308 e. The van der Waals surface area contributed by atoms with Gasteiger partial charge in [0.25, 0.3) is 0 Å². The average molecular weight is 386 g/mol. The van der Waals surface area contributed by atoms with E-state index in [-0.39, 0.29) is 23.7 Å². The van der Waals surface area contributed by atoms with Gasteiger partial charge >= 0.3 is 5.97 Å². The van der Waals surface area contributed by atoms with E-state index < -0.39 is 0 Å². The molecule has 2 aromatic carbocycles. The van der Waals surface area contributed by atoms with E-state index in [1.54, 1.807) is 0 Å². The van der Waals surface area contributed by atoms with Crippen LogP contribution in [0.4, 0.5) is 0 Å². The zero-order chi connectivity index (χ0) is 19.2. The van der Waals surface area contributed by atoms with Gasteiger partial charge in [-0.1, -0.05) is 60.1 Å². The smallest absolute Gasteiger partial charge is 0.308 e. The predicted octanol–water partition coefficient (Wildman–Crippen LogP) is 4.27. The van der Waals surface area contributed by atoms with Crippen LogP contribution in [0.25, 0.3) is 0 Å². The Hall–Kier alpha value is -2.33. The lowest BCUT2D eigenvalue weighted by molar-refractivity contribution is -0.148. The fourth-order valence-electron chi connectivity index (χ4n) is 3.69. The molecule has 1 amide bonds. The number of hydrogen-bond donors (Lipinski definition) is 0. The summed E-state index contributed by atoms with van der Waals surface area (Å²) in [4.78, 5) is 26.5. The topological polar surface area (TPSA) is 46.6 Å². The fourth-order valence-corrected chi connectivity index (χ4v) is 3.95. The molecule has 1 aliphatic heterocycles. The van der Waals surface area contributed by atoms with Crippen LogP contribution in [0.1, 0.15) is 36.3 Å². The van der Waals surface area contributed by atoms with E-state index >= 15 is 0 Å². The standard InChI is InChI=1S/C22H24ClNO3/c1-27-22(26)17-11-13-24(14-12-17)21(25)15-19(16-7-3-2-4-8-16)18-9-5-6-10-20(18)23/h2-10,17,19H,11-15H2,1H3/t19-/m1/s1. The van der Waals surface area contributed by atoms with Gasteiger partial charge in [0, 0.05) is 30.5 Å². The molecule has 4 nitrogen and oxygen atoms in total. The average Bonchev–Trinajstić information content (AvgIpc) is 2.72. The van der Waals surface area contributed by atoms with Crippen LogP contribution in [0.3, 0.4) is 0 Å². The number of likely N-dealkylation sites (tertiary alicyclic amines) is 1. The summed E-state index contributed by atoms with van der Waals surface area (Å²) in [5, 5.41) is 0.670. The molecule has 0 unspecified atom stereocenters. The summed E-state index contributed by atoms with van der Waals surface area (Å²) in [6.45, 7) is 1.17. The third kappa shape index (κ3) is 4.69. The Morgan fingerprint density at radius 1 is 1.07 bits per heavy atom. The molecule has 27 heavy (non-hydrogen) atoms. The number of esters is 1. The highest BCUT2D eigenvalue weighted by molar-refractivity contribution is 6.31. The molecule has 1 saturated heterocycles. The molecule has 0 aliphatic carbocycles. The molecule has 3 rings (SSSR count). The molecule has 0 spiro atoms. The van der Waals surface area contributed by atoms with E-state index in [1.165, 1.54) is 7.11 Å². The van der Waals surface area contributed by atoms with Gasteiger partial charge in [0.1, 0.15) is 0 Å². The molecule has 0 bridgehead atoms. The van der Waals surface area contributed by atoms with Gasteiger partial charge in [0.05, 0.1) is 13.0 Å². The van der Waals surface area contributed by atoms with Crippen molar-refractivity contribution in [3.05, 3.63) is 70.7 Å². The number of methoxy groups -OCH3 is 1. The monoisotopic (exact) mass is 385 g/mol. The number of halogens is 1. The maximum atomic E-state index is 13.0. The van der Waals surface area contributed by atoms with Crippen LogP contribution in [-0.4, -0.2) is 37.0 Å². The highest BCUT2D eigenvalue weighted by atomic mass is 35.5. The lowest BCUT2D eigenvalue weighted by Gasteiger charge is -2.32. The van der Waals surface area contributed by atoms with Gasteiger partial charge in [-0.05, 0) is 30.0 Å². The summed E-state index contributed by atoms with van der Waals surface area (Å²) >= 11 is 6.43. The van der Waals surface area contributed by atoms with Gasteiger partial charge in [-0.3, -0.25) is 9.59 Å². The predicted molar refractivity (Wildman–Crippen MR) is 106 cm³/mol. The summed E-state index contributed by atoms with van der Waals surface area (Å²) in [6, 6.07) is 17.7. The molecule has 0 N–H and O–H groups in total. The van der Waals surface area contributed by atoms with Crippen molar-refractivity contribution in [1.82, 2.24) is 4.90 Å². The molecular formula is C22H24ClNO3. The summed E-state index contributed by atoms with van der Waals surface area (Å²) in [5.41, 5.74) is 2.03. The largest absolute Gasteiger partial charge is 0.469 e. The number of hydrogen-bond acceptors (Lipinski definition) is 3. The van der Waals surface area contributed by atoms with Gasteiger partial charge < -0.3 is 9.64 Å². The maximum absolute atomic E-state index is 13.0. The van der Waals surface area contributed by atoms with E-state index in [2.05, 4.69) is 0 Å². The van der Waals surface area contributed by atoms with Crippen molar-refractivity contribution in [3.8, 4) is 0 Å². The second-order valence-corrected chi connectivity index (χ2v) is 7.27. The van der Waals surface area contributed by atoms with Crippen molar-refractivity contribution in [1.29, 1.82) is 0 Å². The fraction of sp³-hybridized carbons (Fsp3) is 0.364. The van der Waals surface area contributed by atoms with Crippen LogP contribution in [-0.2, 0) is 14.3 Å². The first-order valence-electron chi connectivity index (χ1n) is 9.25. The lowest BCUT2D eigenvalue weighted by atomic mass is 9.87. The Balaban J connectivity index is 1.74. The number of piperidine rings is 1. The van der Waals surface area contributed by atoms with Crippen molar-refractivity contribution in [3.63, 3.8) is 0 Å². The van der Waals surface area contributed by atoms with E-state index in [4.69, 9.17) is 16.3 Å². The molecule has 142 valence electrons. The summed E-state index contributed by atoms with van der Waals surface area (Å²) in [6.07, 6.45) is 1.66. The molecule has 1 aliphatic rings. The molecular weight excluding hydrogens is 362 g/mol. The third-order valence-electron chi connectivity index (χ3n) is 5.24. The minimum atomic E-state index is -0.180. The van der Waals surface area contributed by atoms with Crippen molar-refractivity contribution < 1.29 is 14.3 Å². The first-order chi connectivity index (χ1) is 13.1. The molecule has 0 aromatic heterocycles. The zero-order valence-corrected chi connectivity index (χ0v) is 16.2. The molecule has 0 radical (unpaired) electrons. The highest BCUT2D eigenvalue weighted by Gasteiger charge is 2.29. The van der Waals surface area contributed by atoms with Gasteiger partial charge in [0.2, 0.25) is 5.91 Å². The van der Waals surface area contributed by atoms with Crippen LogP contribution < -0.4 is 0 Å². The Morgan fingerprint density at radius 2 is 1.70 bits per heavy atom. The van der Waals surface area contributed by atoms with Crippen molar-refractivity contribution >= 4 is 23.5 Å². The number of carbonyl (C=O) groups excluding carboxylic acids is 2. The molecule has 5 heteroatoms. The molecule has 0 saturated carbocycles. The van der Waals surface area contributed by atoms with E-state index in [0.717, 1.165) is 11.1 Å². The normalized spacial score (nSPS) is 16.0. The third-order valence-corrected chi connectivity index (χ3v) is 5.59. The Bertz CT molecular complexity index is 785. The molecule has 2 aromatic rings. The minimum Gasteiger partial charge on any atom is -0.469 e. The van der Waals surface area contributed by atoms with Crippen LogP contribution in [0.2, 0.25) is 5.02 Å². The van der Waals surface area contributed by atoms with Gasteiger partial charge in [0.15, 0.2) is 0 Å². The number of amides is 1. The van der Waals surface area contributed by atoms with E-state index in [0.29, 0.717) is 37.4 Å². The first kappa shape index (κ1) is 19.4. The summed E-state index contributed by atoms with van der Waals surface area (Å²) in [5.74, 6) is -0.286. The van der Waals surface area contributed by atoms with E-state index in [1.807, 2.05) is 59.5 Å². The number of rotatable bonds is 5. The van der Waals surface area contributed by atoms with Crippen LogP contribution in [0.5, 0.6) is 0 Å². The highest BCUT2D eigenvalue weighted by Crippen LogP contribution is 2.33. The zero-order valence-electron chi connectivity index (χ0n) is 15.4. The Labute approximate surface area is 165 Å². The van der Waals surface area contributed by atoms with Crippen molar-refractivity contribution in [2.24, 2.45) is 5.92 Å². The number of benzene rings is 2.